The molecule has 1 amide bonds. The Morgan fingerprint density at radius 1 is 0.659 bits per heavy atom. The fraction of sp³-hybridized carbons (Fsp3) is 0.275. The Balaban J connectivity index is 1.56. The SMILES string of the molecule is C[C@H](c1ccccc1)N(Cc1ccccc1)[C@H](CC(=O)N(OC(C)(C)C)[C@@H](C)c1cccc2ccccc12)c1ccccc1. The Hall–Kier alpha value is -4.25. The van der Waals surface area contributed by atoms with E-state index in [0.717, 1.165) is 21.9 Å². The minimum Gasteiger partial charge on any atom is -0.285 e. The highest BCUT2D eigenvalue weighted by Gasteiger charge is 2.34. The van der Waals surface area contributed by atoms with Crippen molar-refractivity contribution in [2.75, 3.05) is 0 Å². The van der Waals surface area contributed by atoms with Crippen LogP contribution in [0.2, 0.25) is 0 Å². The van der Waals surface area contributed by atoms with E-state index in [4.69, 9.17) is 4.84 Å². The molecule has 0 aliphatic carbocycles. The molecule has 0 unspecified atom stereocenters. The van der Waals surface area contributed by atoms with E-state index in [2.05, 4.69) is 122 Å². The number of hydrogen-bond acceptors (Lipinski definition) is 3. The number of nitrogens with zero attached hydrogens (tertiary/aromatic N) is 2. The number of fused-ring (bicyclic) bond motifs is 1. The van der Waals surface area contributed by atoms with Crippen molar-refractivity contribution in [3.63, 3.8) is 0 Å². The third kappa shape index (κ3) is 7.63. The zero-order chi connectivity index (χ0) is 31.1. The third-order valence-electron chi connectivity index (χ3n) is 8.18. The summed E-state index contributed by atoms with van der Waals surface area (Å²) in [5, 5.41) is 3.90. The van der Waals surface area contributed by atoms with E-state index in [0.29, 0.717) is 6.54 Å². The first-order valence-electron chi connectivity index (χ1n) is 15.6. The lowest BCUT2D eigenvalue weighted by Gasteiger charge is -2.40. The summed E-state index contributed by atoms with van der Waals surface area (Å²) < 4.78 is 0. The summed E-state index contributed by atoms with van der Waals surface area (Å²) in [5.74, 6) is -0.0486. The van der Waals surface area contributed by atoms with E-state index >= 15 is 0 Å². The monoisotopic (exact) mass is 584 g/mol. The van der Waals surface area contributed by atoms with Gasteiger partial charge < -0.3 is 0 Å². The van der Waals surface area contributed by atoms with Gasteiger partial charge in [0.15, 0.2) is 0 Å². The lowest BCUT2D eigenvalue weighted by molar-refractivity contribution is -0.243. The number of benzene rings is 5. The second-order valence-corrected chi connectivity index (χ2v) is 12.5. The van der Waals surface area contributed by atoms with E-state index < -0.39 is 5.60 Å². The van der Waals surface area contributed by atoms with Crippen molar-refractivity contribution in [3.05, 3.63) is 156 Å². The van der Waals surface area contributed by atoms with Crippen LogP contribution in [0.15, 0.2) is 133 Å². The summed E-state index contributed by atoms with van der Waals surface area (Å²) in [4.78, 5) is 23.6. The molecule has 0 spiro atoms. The quantitative estimate of drug-likeness (QED) is 0.145. The van der Waals surface area contributed by atoms with Gasteiger partial charge in [-0.2, -0.15) is 0 Å². The molecule has 0 saturated carbocycles. The van der Waals surface area contributed by atoms with E-state index in [1.54, 1.807) is 5.06 Å². The van der Waals surface area contributed by atoms with Crippen LogP contribution in [0, 0.1) is 0 Å². The van der Waals surface area contributed by atoms with Gasteiger partial charge in [0, 0.05) is 25.0 Å². The molecule has 0 aromatic heterocycles. The van der Waals surface area contributed by atoms with Gasteiger partial charge in [0.2, 0.25) is 5.91 Å². The van der Waals surface area contributed by atoms with Gasteiger partial charge in [-0.3, -0.25) is 14.5 Å². The third-order valence-corrected chi connectivity index (χ3v) is 8.18. The molecule has 0 saturated heterocycles. The van der Waals surface area contributed by atoms with E-state index in [9.17, 15) is 4.79 Å². The molecule has 226 valence electrons. The minimum absolute atomic E-state index is 0.0486. The van der Waals surface area contributed by atoms with Gasteiger partial charge in [-0.05, 0) is 67.6 Å². The molecule has 5 aromatic rings. The number of rotatable bonds is 11. The average Bonchev–Trinajstić information content (AvgIpc) is 3.05. The van der Waals surface area contributed by atoms with Crippen LogP contribution in [0.3, 0.4) is 0 Å². The maximum atomic E-state index is 14.6. The normalized spacial score (nSPS) is 13.9. The predicted octanol–water partition coefficient (Wildman–Crippen LogP) is 9.85. The average molecular weight is 585 g/mol. The summed E-state index contributed by atoms with van der Waals surface area (Å²) in [7, 11) is 0. The Morgan fingerprint density at radius 2 is 1.20 bits per heavy atom. The van der Waals surface area contributed by atoms with Crippen molar-refractivity contribution in [1.82, 2.24) is 9.96 Å². The zero-order valence-electron chi connectivity index (χ0n) is 26.6. The fourth-order valence-corrected chi connectivity index (χ4v) is 5.97. The zero-order valence-corrected chi connectivity index (χ0v) is 26.6. The molecular formula is C40H44N2O2. The summed E-state index contributed by atoms with van der Waals surface area (Å²) in [6, 6.07) is 45.7. The molecule has 0 bridgehead atoms. The van der Waals surface area contributed by atoms with Gasteiger partial charge in [-0.15, -0.1) is 0 Å². The summed E-state index contributed by atoms with van der Waals surface area (Å²) in [6.45, 7) is 11.0. The molecule has 3 atom stereocenters. The summed E-state index contributed by atoms with van der Waals surface area (Å²) in [5.41, 5.74) is 4.03. The number of hydroxylamine groups is 2. The minimum atomic E-state index is -0.558. The first kappa shape index (κ1) is 31.2. The lowest BCUT2D eigenvalue weighted by Crippen LogP contribution is -2.42. The maximum absolute atomic E-state index is 14.6. The number of carbonyl (C=O) groups is 1. The van der Waals surface area contributed by atoms with Crippen molar-refractivity contribution in [1.29, 1.82) is 0 Å². The summed E-state index contributed by atoms with van der Waals surface area (Å²) >= 11 is 0. The molecule has 0 radical (unpaired) electrons. The molecule has 5 aromatic carbocycles. The van der Waals surface area contributed by atoms with Gasteiger partial charge in [0.1, 0.15) is 0 Å². The van der Waals surface area contributed by atoms with Crippen LogP contribution < -0.4 is 0 Å². The fourth-order valence-electron chi connectivity index (χ4n) is 5.97. The molecular weight excluding hydrogens is 540 g/mol. The number of carbonyl (C=O) groups excluding carboxylic acids is 1. The Labute approximate surface area is 262 Å². The van der Waals surface area contributed by atoms with Gasteiger partial charge in [0.25, 0.3) is 0 Å². The molecule has 0 heterocycles. The first-order valence-corrected chi connectivity index (χ1v) is 15.6. The van der Waals surface area contributed by atoms with Crippen molar-refractivity contribution < 1.29 is 9.63 Å². The van der Waals surface area contributed by atoms with Crippen LogP contribution in [-0.2, 0) is 16.2 Å². The van der Waals surface area contributed by atoms with Gasteiger partial charge in [0.05, 0.1) is 11.6 Å². The highest BCUT2D eigenvalue weighted by Crippen LogP contribution is 2.37. The Morgan fingerprint density at radius 3 is 1.84 bits per heavy atom. The molecule has 0 aliphatic rings. The van der Waals surface area contributed by atoms with Gasteiger partial charge in [-0.1, -0.05) is 133 Å². The lowest BCUT2D eigenvalue weighted by atomic mass is 9.95. The van der Waals surface area contributed by atoms with Crippen molar-refractivity contribution >= 4 is 16.7 Å². The smallest absolute Gasteiger partial charge is 0.248 e. The molecule has 0 N–H and O–H groups in total. The maximum Gasteiger partial charge on any atom is 0.248 e. The van der Waals surface area contributed by atoms with Crippen LogP contribution in [-0.4, -0.2) is 21.5 Å². The predicted molar refractivity (Wildman–Crippen MR) is 181 cm³/mol. The molecule has 4 heteroatoms. The van der Waals surface area contributed by atoms with E-state index in [1.165, 1.54) is 11.1 Å². The molecule has 0 aliphatic heterocycles. The van der Waals surface area contributed by atoms with Crippen LogP contribution >= 0.6 is 0 Å². The van der Waals surface area contributed by atoms with E-state index in [1.807, 2.05) is 51.1 Å². The van der Waals surface area contributed by atoms with Crippen molar-refractivity contribution in [3.8, 4) is 0 Å². The van der Waals surface area contributed by atoms with Crippen LogP contribution in [0.4, 0.5) is 0 Å². The largest absolute Gasteiger partial charge is 0.285 e. The highest BCUT2D eigenvalue weighted by atomic mass is 16.7. The highest BCUT2D eigenvalue weighted by molar-refractivity contribution is 5.86. The van der Waals surface area contributed by atoms with Crippen LogP contribution in [0.1, 0.15) is 81.4 Å². The van der Waals surface area contributed by atoms with Crippen LogP contribution in [0.5, 0.6) is 0 Å². The molecule has 44 heavy (non-hydrogen) atoms. The molecule has 0 fully saturated rings. The Bertz CT molecular complexity index is 1630. The number of hydrogen-bond donors (Lipinski definition) is 0. The number of amides is 1. The first-order chi connectivity index (χ1) is 21.2. The topological polar surface area (TPSA) is 32.8 Å². The van der Waals surface area contributed by atoms with Gasteiger partial charge in [-0.25, -0.2) is 5.06 Å². The van der Waals surface area contributed by atoms with Crippen molar-refractivity contribution in [2.24, 2.45) is 0 Å². The second kappa shape index (κ2) is 14.0. The molecule has 5 rings (SSSR count). The van der Waals surface area contributed by atoms with E-state index in [-0.39, 0.29) is 30.5 Å². The Kier molecular flexibility index (Phi) is 9.94. The standard InChI is InChI=1S/C40H44N2O2/c1-30(33-20-11-7-12-21-33)41(29-32-18-9-6-10-19-32)38(35-23-13-8-14-24-35)28-39(43)42(44-40(3,4)5)31(2)36-27-17-25-34-22-15-16-26-37(34)36/h6-27,30-31,38H,28-29H2,1-5H3/t30-,31+,38-/m1/s1. The van der Waals surface area contributed by atoms with Crippen molar-refractivity contribution in [2.45, 2.75) is 71.3 Å². The summed E-state index contributed by atoms with van der Waals surface area (Å²) in [6.07, 6.45) is 0.263. The second-order valence-electron chi connectivity index (χ2n) is 12.5. The van der Waals surface area contributed by atoms with Crippen LogP contribution in [0.25, 0.3) is 10.8 Å². The van der Waals surface area contributed by atoms with Gasteiger partial charge >= 0.3 is 0 Å². The molecule has 4 nitrogen and oxygen atoms in total.